The molecule has 1 aromatic rings. The van der Waals surface area contributed by atoms with E-state index in [1.165, 1.54) is 6.07 Å². The standard InChI is InChI=1S/C13H16FNO2/c1-9-3-4-10(7-11(9)14)12(17)15-13(8-16)5-2-6-13/h3-4,7,16H,2,5-6,8H2,1H3,(H,15,17). The fraction of sp³-hybridized carbons (Fsp3) is 0.462. The predicted octanol–water partition coefficient (Wildman–Crippen LogP) is 1.78. The molecule has 2 rings (SSSR count). The van der Waals surface area contributed by atoms with Gasteiger partial charge in [0.2, 0.25) is 0 Å². The van der Waals surface area contributed by atoms with E-state index in [4.69, 9.17) is 0 Å². The topological polar surface area (TPSA) is 49.3 Å². The summed E-state index contributed by atoms with van der Waals surface area (Å²) in [5, 5.41) is 12.0. The molecule has 1 saturated carbocycles. The van der Waals surface area contributed by atoms with Crippen molar-refractivity contribution in [3.05, 3.63) is 35.1 Å². The number of hydrogen-bond donors (Lipinski definition) is 2. The number of hydrogen-bond acceptors (Lipinski definition) is 2. The minimum absolute atomic E-state index is 0.0624. The maximum atomic E-state index is 13.3. The molecule has 1 aliphatic rings. The lowest BCUT2D eigenvalue weighted by Crippen LogP contribution is -2.56. The summed E-state index contributed by atoms with van der Waals surface area (Å²) in [4.78, 5) is 11.9. The summed E-state index contributed by atoms with van der Waals surface area (Å²) in [6.07, 6.45) is 2.57. The molecule has 3 nitrogen and oxygen atoms in total. The van der Waals surface area contributed by atoms with Gasteiger partial charge in [-0.3, -0.25) is 4.79 Å². The van der Waals surface area contributed by atoms with Gasteiger partial charge in [0.05, 0.1) is 12.1 Å². The molecule has 0 bridgehead atoms. The Morgan fingerprint density at radius 2 is 2.24 bits per heavy atom. The van der Waals surface area contributed by atoms with Crippen LogP contribution in [0.2, 0.25) is 0 Å². The second kappa shape index (κ2) is 4.45. The SMILES string of the molecule is Cc1ccc(C(=O)NC2(CO)CCC2)cc1F. The van der Waals surface area contributed by atoms with Gasteiger partial charge in [-0.15, -0.1) is 0 Å². The zero-order valence-corrected chi connectivity index (χ0v) is 9.79. The van der Waals surface area contributed by atoms with Crippen LogP contribution in [0.4, 0.5) is 4.39 Å². The van der Waals surface area contributed by atoms with Crippen LogP contribution in [0.25, 0.3) is 0 Å². The molecule has 0 atom stereocenters. The zero-order chi connectivity index (χ0) is 12.5. The molecule has 4 heteroatoms. The molecule has 0 saturated heterocycles. The molecule has 0 radical (unpaired) electrons. The van der Waals surface area contributed by atoms with Crippen molar-refractivity contribution >= 4 is 5.91 Å². The minimum Gasteiger partial charge on any atom is -0.394 e. The van der Waals surface area contributed by atoms with E-state index in [1.807, 2.05) is 0 Å². The average Bonchev–Trinajstić information content (AvgIpc) is 2.27. The molecule has 92 valence electrons. The summed E-state index contributed by atoms with van der Waals surface area (Å²) in [6, 6.07) is 4.41. The molecular weight excluding hydrogens is 221 g/mol. The van der Waals surface area contributed by atoms with Crippen LogP contribution in [0, 0.1) is 12.7 Å². The summed E-state index contributed by atoms with van der Waals surface area (Å²) >= 11 is 0. The van der Waals surface area contributed by atoms with Gasteiger partial charge in [-0.25, -0.2) is 4.39 Å². The Bertz CT molecular complexity index is 436. The highest BCUT2D eigenvalue weighted by Gasteiger charge is 2.37. The van der Waals surface area contributed by atoms with Crippen LogP contribution in [0.5, 0.6) is 0 Å². The summed E-state index contributed by atoms with van der Waals surface area (Å²) in [7, 11) is 0. The number of aliphatic hydroxyl groups excluding tert-OH is 1. The van der Waals surface area contributed by atoms with Crippen molar-refractivity contribution in [3.8, 4) is 0 Å². The largest absolute Gasteiger partial charge is 0.394 e. The lowest BCUT2D eigenvalue weighted by molar-refractivity contribution is 0.0641. The lowest BCUT2D eigenvalue weighted by Gasteiger charge is -2.40. The fourth-order valence-electron chi connectivity index (χ4n) is 1.97. The first-order valence-corrected chi connectivity index (χ1v) is 5.76. The van der Waals surface area contributed by atoms with E-state index in [9.17, 15) is 14.3 Å². The number of aliphatic hydroxyl groups is 1. The van der Waals surface area contributed by atoms with Gasteiger partial charge in [0.15, 0.2) is 0 Å². The van der Waals surface area contributed by atoms with E-state index in [1.54, 1.807) is 19.1 Å². The molecule has 1 aromatic carbocycles. The fourth-order valence-corrected chi connectivity index (χ4v) is 1.97. The van der Waals surface area contributed by atoms with Crippen LogP contribution in [-0.4, -0.2) is 23.2 Å². The Morgan fingerprint density at radius 3 is 2.71 bits per heavy atom. The molecule has 0 unspecified atom stereocenters. The van der Waals surface area contributed by atoms with Gasteiger partial charge in [0.1, 0.15) is 5.82 Å². The Hall–Kier alpha value is -1.42. The van der Waals surface area contributed by atoms with Crippen LogP contribution in [-0.2, 0) is 0 Å². The molecule has 2 N–H and O–H groups in total. The summed E-state index contributed by atoms with van der Waals surface area (Å²) in [5.41, 5.74) is 0.327. The van der Waals surface area contributed by atoms with Crippen molar-refractivity contribution in [2.75, 3.05) is 6.61 Å². The van der Waals surface area contributed by atoms with Crippen molar-refractivity contribution < 1.29 is 14.3 Å². The molecule has 1 fully saturated rings. The van der Waals surface area contributed by atoms with Crippen LogP contribution >= 0.6 is 0 Å². The first kappa shape index (κ1) is 12.0. The smallest absolute Gasteiger partial charge is 0.251 e. The number of benzene rings is 1. The van der Waals surface area contributed by atoms with E-state index in [0.29, 0.717) is 11.1 Å². The Labute approximate surface area is 99.7 Å². The van der Waals surface area contributed by atoms with Gasteiger partial charge < -0.3 is 10.4 Å². The van der Waals surface area contributed by atoms with Crippen molar-refractivity contribution in [2.45, 2.75) is 31.7 Å². The molecule has 1 aliphatic carbocycles. The third-order valence-electron chi connectivity index (χ3n) is 3.43. The lowest BCUT2D eigenvalue weighted by atomic mass is 9.77. The molecule has 0 spiro atoms. The average molecular weight is 237 g/mol. The minimum atomic E-state index is -0.488. The Kier molecular flexibility index (Phi) is 3.15. The quantitative estimate of drug-likeness (QED) is 0.841. The van der Waals surface area contributed by atoms with Gasteiger partial charge in [0.25, 0.3) is 5.91 Å². The van der Waals surface area contributed by atoms with Crippen molar-refractivity contribution in [3.63, 3.8) is 0 Å². The molecular formula is C13H16FNO2. The van der Waals surface area contributed by atoms with Gasteiger partial charge in [0, 0.05) is 5.56 Å². The number of halogens is 1. The van der Waals surface area contributed by atoms with E-state index < -0.39 is 5.54 Å². The summed E-state index contributed by atoms with van der Waals surface area (Å²) < 4.78 is 13.3. The van der Waals surface area contributed by atoms with E-state index in [-0.39, 0.29) is 18.3 Å². The Morgan fingerprint density at radius 1 is 1.53 bits per heavy atom. The number of aryl methyl sites for hydroxylation is 1. The maximum absolute atomic E-state index is 13.3. The van der Waals surface area contributed by atoms with Crippen LogP contribution in [0.3, 0.4) is 0 Å². The van der Waals surface area contributed by atoms with Crippen LogP contribution in [0.15, 0.2) is 18.2 Å². The molecule has 1 amide bonds. The number of carbonyl (C=O) groups is 1. The van der Waals surface area contributed by atoms with Crippen LogP contribution < -0.4 is 5.32 Å². The zero-order valence-electron chi connectivity index (χ0n) is 9.79. The maximum Gasteiger partial charge on any atom is 0.251 e. The van der Waals surface area contributed by atoms with Gasteiger partial charge in [-0.05, 0) is 43.9 Å². The van der Waals surface area contributed by atoms with E-state index in [0.717, 1.165) is 19.3 Å². The predicted molar refractivity (Wildman–Crippen MR) is 62.3 cm³/mol. The highest BCUT2D eigenvalue weighted by molar-refractivity contribution is 5.94. The second-order valence-electron chi connectivity index (χ2n) is 4.71. The van der Waals surface area contributed by atoms with Crippen molar-refractivity contribution in [2.24, 2.45) is 0 Å². The van der Waals surface area contributed by atoms with Crippen molar-refractivity contribution in [1.82, 2.24) is 5.32 Å². The number of carbonyl (C=O) groups excluding carboxylic acids is 1. The number of amides is 1. The van der Waals surface area contributed by atoms with Gasteiger partial charge in [-0.2, -0.15) is 0 Å². The highest BCUT2D eigenvalue weighted by atomic mass is 19.1. The normalized spacial score (nSPS) is 17.4. The molecule has 17 heavy (non-hydrogen) atoms. The second-order valence-corrected chi connectivity index (χ2v) is 4.71. The highest BCUT2D eigenvalue weighted by Crippen LogP contribution is 2.31. The number of rotatable bonds is 3. The number of nitrogens with one attached hydrogen (secondary N) is 1. The van der Waals surface area contributed by atoms with Gasteiger partial charge in [-0.1, -0.05) is 6.07 Å². The molecule has 0 aromatic heterocycles. The monoisotopic (exact) mass is 237 g/mol. The third-order valence-corrected chi connectivity index (χ3v) is 3.43. The molecule has 0 heterocycles. The van der Waals surface area contributed by atoms with E-state index in [2.05, 4.69) is 5.32 Å². The summed E-state index contributed by atoms with van der Waals surface area (Å²) in [5.74, 6) is -0.707. The van der Waals surface area contributed by atoms with Crippen molar-refractivity contribution in [1.29, 1.82) is 0 Å². The Balaban J connectivity index is 2.11. The first-order valence-electron chi connectivity index (χ1n) is 5.76. The van der Waals surface area contributed by atoms with E-state index >= 15 is 0 Å². The third kappa shape index (κ3) is 2.31. The van der Waals surface area contributed by atoms with Crippen LogP contribution in [0.1, 0.15) is 35.2 Å². The molecule has 0 aliphatic heterocycles. The van der Waals surface area contributed by atoms with Gasteiger partial charge >= 0.3 is 0 Å². The summed E-state index contributed by atoms with van der Waals surface area (Å²) in [6.45, 7) is 1.59. The first-order chi connectivity index (χ1) is 8.06.